The van der Waals surface area contributed by atoms with E-state index in [1.54, 1.807) is 35.0 Å². The molecule has 0 aliphatic heterocycles. The molecule has 3 rings (SSSR count). The fourth-order valence-corrected chi connectivity index (χ4v) is 3.45. The molecule has 0 saturated carbocycles. The molecule has 0 aliphatic rings. The number of nitro benzene ring substituents is 1. The molecule has 2 aromatic heterocycles. The maximum atomic E-state index is 12.5. The van der Waals surface area contributed by atoms with Gasteiger partial charge in [-0.25, -0.2) is 0 Å². The van der Waals surface area contributed by atoms with Crippen LogP contribution in [0.5, 0.6) is 0 Å². The van der Waals surface area contributed by atoms with Crippen molar-refractivity contribution in [3.63, 3.8) is 0 Å². The molecule has 1 N–H and O–H groups in total. The Morgan fingerprint density at radius 1 is 1.33 bits per heavy atom. The Hall–Kier alpha value is -3.84. The lowest BCUT2D eigenvalue weighted by atomic mass is 10.2. The second-order valence-corrected chi connectivity index (χ2v) is 7.37. The molecule has 1 aromatic carbocycles. The Bertz CT molecular complexity index is 1120. The predicted octanol–water partition coefficient (Wildman–Crippen LogP) is 4.13. The number of non-ortho nitro benzene ring substituents is 1. The summed E-state index contributed by atoms with van der Waals surface area (Å²) in [5, 5.41) is 32.1. The van der Waals surface area contributed by atoms with E-state index < -0.39 is 10.8 Å². The second-order valence-electron chi connectivity index (χ2n) is 6.31. The Morgan fingerprint density at radius 2 is 2.10 bits per heavy atom. The number of amides is 1. The van der Waals surface area contributed by atoms with E-state index in [-0.39, 0.29) is 11.3 Å². The van der Waals surface area contributed by atoms with Crippen LogP contribution in [0.1, 0.15) is 30.5 Å². The van der Waals surface area contributed by atoms with E-state index in [1.807, 2.05) is 6.07 Å². The third kappa shape index (κ3) is 4.95. The van der Waals surface area contributed by atoms with Crippen LogP contribution < -0.4 is 5.32 Å². The van der Waals surface area contributed by atoms with Crippen molar-refractivity contribution in [1.82, 2.24) is 14.8 Å². The first-order valence-electron chi connectivity index (χ1n) is 9.19. The van der Waals surface area contributed by atoms with E-state index in [0.717, 1.165) is 24.3 Å². The number of nitrogens with zero attached hydrogens (tertiary/aromatic N) is 5. The van der Waals surface area contributed by atoms with Gasteiger partial charge in [0.1, 0.15) is 16.6 Å². The van der Waals surface area contributed by atoms with Crippen molar-refractivity contribution in [1.29, 1.82) is 5.26 Å². The largest absolute Gasteiger partial charge is 0.317 e. The summed E-state index contributed by atoms with van der Waals surface area (Å²) < 4.78 is 1.72. The Balaban J connectivity index is 1.79. The number of hydrogen-bond donors (Lipinski definition) is 1. The lowest BCUT2D eigenvalue weighted by molar-refractivity contribution is -0.384. The maximum absolute atomic E-state index is 12.5. The van der Waals surface area contributed by atoms with Crippen LogP contribution in [-0.2, 0) is 11.2 Å². The first-order valence-corrected chi connectivity index (χ1v) is 10.0. The molecule has 30 heavy (non-hydrogen) atoms. The molecule has 9 nitrogen and oxygen atoms in total. The molecule has 0 bridgehead atoms. The number of aromatic nitrogens is 3. The van der Waals surface area contributed by atoms with Gasteiger partial charge in [0.05, 0.1) is 4.92 Å². The fourth-order valence-electron chi connectivity index (χ4n) is 2.68. The van der Waals surface area contributed by atoms with E-state index in [1.165, 1.54) is 29.5 Å². The third-order valence-electron chi connectivity index (χ3n) is 4.21. The summed E-state index contributed by atoms with van der Waals surface area (Å²) in [7, 11) is 0. The van der Waals surface area contributed by atoms with Gasteiger partial charge in [-0.1, -0.05) is 24.7 Å². The lowest BCUT2D eigenvalue weighted by Crippen LogP contribution is -2.13. The van der Waals surface area contributed by atoms with Crippen molar-refractivity contribution in [3.05, 3.63) is 69.0 Å². The molecule has 0 spiro atoms. The number of anilines is 1. The van der Waals surface area contributed by atoms with Crippen LogP contribution in [0.3, 0.4) is 0 Å². The van der Waals surface area contributed by atoms with Crippen molar-refractivity contribution in [3.8, 4) is 11.8 Å². The maximum Gasteiger partial charge on any atom is 0.269 e. The average molecular weight is 422 g/mol. The molecular weight excluding hydrogens is 404 g/mol. The summed E-state index contributed by atoms with van der Waals surface area (Å²) in [6, 6.07) is 11.4. The van der Waals surface area contributed by atoms with Crippen molar-refractivity contribution in [2.75, 3.05) is 5.32 Å². The summed E-state index contributed by atoms with van der Waals surface area (Å²) in [6.45, 7) is 2.08. The van der Waals surface area contributed by atoms with E-state index in [9.17, 15) is 20.2 Å². The first kappa shape index (κ1) is 20.9. The zero-order chi connectivity index (χ0) is 21.5. The van der Waals surface area contributed by atoms with Gasteiger partial charge in [-0.2, -0.15) is 5.26 Å². The van der Waals surface area contributed by atoms with Gasteiger partial charge in [-0.05, 0) is 36.8 Å². The van der Waals surface area contributed by atoms with Crippen LogP contribution in [0, 0.1) is 21.4 Å². The highest BCUT2D eigenvalue weighted by Crippen LogP contribution is 2.21. The van der Waals surface area contributed by atoms with Crippen molar-refractivity contribution >= 4 is 34.1 Å². The molecule has 0 aliphatic carbocycles. The van der Waals surface area contributed by atoms with Crippen LogP contribution in [0.15, 0.2) is 48.2 Å². The number of rotatable bonds is 8. The monoisotopic (exact) mass is 422 g/mol. The molecule has 10 heteroatoms. The molecule has 3 aromatic rings. The molecule has 0 atom stereocenters. The quantitative estimate of drug-likeness (QED) is 0.252. The highest BCUT2D eigenvalue weighted by Gasteiger charge is 2.14. The highest BCUT2D eigenvalue weighted by atomic mass is 32.1. The number of unbranched alkanes of at least 4 members (excludes halogenated alkanes) is 1. The van der Waals surface area contributed by atoms with E-state index in [4.69, 9.17) is 0 Å². The normalized spacial score (nSPS) is 11.1. The Labute approximate surface area is 176 Å². The van der Waals surface area contributed by atoms with Gasteiger partial charge in [-0.15, -0.1) is 10.2 Å². The minimum Gasteiger partial charge on any atom is -0.317 e. The number of carbonyl (C=O) groups excluding carboxylic acids is 1. The van der Waals surface area contributed by atoms with Gasteiger partial charge in [0.25, 0.3) is 11.6 Å². The van der Waals surface area contributed by atoms with Crippen LogP contribution >= 0.6 is 11.3 Å². The van der Waals surface area contributed by atoms with Gasteiger partial charge in [0.2, 0.25) is 5.13 Å². The predicted molar refractivity (Wildman–Crippen MR) is 113 cm³/mol. The van der Waals surface area contributed by atoms with Gasteiger partial charge >= 0.3 is 0 Å². The van der Waals surface area contributed by atoms with Crippen molar-refractivity contribution in [2.24, 2.45) is 0 Å². The Morgan fingerprint density at radius 3 is 2.77 bits per heavy atom. The standard InChI is InChI=1S/C20H18N6O3S/c1-2-3-6-18-23-24-20(30-18)22-19(27)14(13-21)12-17-5-4-11-25(17)15-7-9-16(10-8-15)26(28)29/h4-5,7-12H,2-3,6H2,1H3,(H,22,24,27). The summed E-state index contributed by atoms with van der Waals surface area (Å²) in [5.41, 5.74) is 1.13. The summed E-state index contributed by atoms with van der Waals surface area (Å²) in [5.74, 6) is -0.577. The minimum absolute atomic E-state index is 0.0181. The SMILES string of the molecule is CCCCc1nnc(NC(=O)C(C#N)=Cc2cccn2-c2ccc([N+](=O)[O-])cc2)s1. The summed E-state index contributed by atoms with van der Waals surface area (Å²) in [6.07, 6.45) is 6.02. The Kier molecular flexibility index (Phi) is 6.67. The van der Waals surface area contributed by atoms with Crippen molar-refractivity contribution < 1.29 is 9.72 Å². The van der Waals surface area contributed by atoms with E-state index in [0.29, 0.717) is 16.5 Å². The number of nitrogens with one attached hydrogen (secondary N) is 1. The van der Waals surface area contributed by atoms with Gasteiger partial charge in [-0.3, -0.25) is 20.2 Å². The smallest absolute Gasteiger partial charge is 0.269 e. The summed E-state index contributed by atoms with van der Waals surface area (Å²) >= 11 is 1.29. The van der Waals surface area contributed by atoms with Crippen LogP contribution in [-0.4, -0.2) is 25.6 Å². The average Bonchev–Trinajstić information content (AvgIpc) is 3.39. The zero-order valence-electron chi connectivity index (χ0n) is 16.1. The molecule has 0 unspecified atom stereocenters. The number of benzene rings is 1. The first-order chi connectivity index (χ1) is 14.5. The third-order valence-corrected chi connectivity index (χ3v) is 5.11. The fraction of sp³-hybridized carbons (Fsp3) is 0.200. The molecule has 0 saturated heterocycles. The number of nitro groups is 1. The number of carbonyl (C=O) groups is 1. The molecule has 152 valence electrons. The number of aryl methyl sites for hydroxylation is 1. The zero-order valence-corrected chi connectivity index (χ0v) is 16.9. The minimum atomic E-state index is -0.577. The molecule has 2 heterocycles. The lowest BCUT2D eigenvalue weighted by Gasteiger charge is -2.07. The molecule has 0 fully saturated rings. The molecule has 1 amide bonds. The van der Waals surface area contributed by atoms with Crippen LogP contribution in [0.4, 0.5) is 10.8 Å². The molecular formula is C20H18N6O3S. The number of hydrogen-bond acceptors (Lipinski definition) is 7. The van der Waals surface area contributed by atoms with Crippen LogP contribution in [0.25, 0.3) is 11.8 Å². The topological polar surface area (TPSA) is 127 Å². The van der Waals surface area contributed by atoms with Crippen molar-refractivity contribution in [2.45, 2.75) is 26.2 Å². The second kappa shape index (κ2) is 9.58. The highest BCUT2D eigenvalue weighted by molar-refractivity contribution is 7.15. The summed E-state index contributed by atoms with van der Waals surface area (Å²) in [4.78, 5) is 22.9. The van der Waals surface area contributed by atoms with Crippen LogP contribution in [0.2, 0.25) is 0 Å². The number of nitriles is 1. The van der Waals surface area contributed by atoms with E-state index in [2.05, 4.69) is 22.4 Å². The van der Waals surface area contributed by atoms with Gasteiger partial charge in [0.15, 0.2) is 0 Å². The molecule has 0 radical (unpaired) electrons. The van der Waals surface area contributed by atoms with Gasteiger partial charge < -0.3 is 4.57 Å². The van der Waals surface area contributed by atoms with Gasteiger partial charge in [0, 0.05) is 36.1 Å². The van der Waals surface area contributed by atoms with E-state index >= 15 is 0 Å².